The molecule has 61 heavy (non-hydrogen) atoms. The number of carbonyl (C=O) groups is 2. The van der Waals surface area contributed by atoms with Gasteiger partial charge in [-0.25, -0.2) is 18.4 Å². The van der Waals surface area contributed by atoms with Gasteiger partial charge < -0.3 is 34.3 Å². The van der Waals surface area contributed by atoms with Crippen molar-refractivity contribution in [2.75, 3.05) is 50.4 Å². The number of ether oxygens (including phenoxy) is 2. The second-order valence-corrected chi connectivity index (χ2v) is 20.8. The Bertz CT molecular complexity index is 2510. The Balaban J connectivity index is 0.000000173. The lowest BCUT2D eigenvalue weighted by molar-refractivity contribution is -0.120. The lowest BCUT2D eigenvalue weighted by Crippen LogP contribution is -2.48. The smallest absolute Gasteiger partial charge is 0.489 e. The second-order valence-electron chi connectivity index (χ2n) is 17.1. The molecule has 4 atom stereocenters. The van der Waals surface area contributed by atoms with E-state index in [1.54, 1.807) is 16.8 Å². The standard InChI is InChI=1S/C22H26N6O4S2.C19H25BN2O4S/c1-14(16-11-21(29)23-12-16)32-19-10-15(9-18-22(19)33-13-24-18)17-3-4-20(26-25-17)27-5-7-28(8-6-27)34(2,30)31;1-11(12-6-16(23)21-9-12)24-15-8-13(7-14-17(15)27-10-22-14)20-25-18(2,3)19(4,5)26-20/h3-4,9-10,13-14,16H,5-8,11-12H2,1-2H3,(H,23,29);7-8,10-12H,6,9H2,1-5H3,(H,21,23)/t14-,16-;11-,12-/m11/s1. The molecule has 5 aromatic rings. The summed E-state index contributed by atoms with van der Waals surface area (Å²) in [5.74, 6) is 2.66. The van der Waals surface area contributed by atoms with Gasteiger partial charge in [0, 0.05) is 69.5 Å². The Morgan fingerprint density at radius 3 is 1.82 bits per heavy atom. The van der Waals surface area contributed by atoms with E-state index in [-0.39, 0.29) is 35.9 Å². The summed E-state index contributed by atoms with van der Waals surface area (Å²) in [6, 6.07) is 11.7. The van der Waals surface area contributed by atoms with Crippen molar-refractivity contribution in [2.45, 2.75) is 77.8 Å². The third kappa shape index (κ3) is 9.34. The Kier molecular flexibility index (Phi) is 12.0. The van der Waals surface area contributed by atoms with E-state index < -0.39 is 28.3 Å². The van der Waals surface area contributed by atoms with Gasteiger partial charge in [-0.2, -0.15) is 4.31 Å². The highest BCUT2D eigenvalue weighted by molar-refractivity contribution is 7.88. The van der Waals surface area contributed by atoms with Gasteiger partial charge in [0.25, 0.3) is 0 Å². The fraction of sp³-hybridized carbons (Fsp3) is 0.512. The van der Waals surface area contributed by atoms with Gasteiger partial charge in [-0.1, -0.05) is 0 Å². The number of fused-ring (bicyclic) bond motifs is 2. The van der Waals surface area contributed by atoms with Crippen molar-refractivity contribution < 1.29 is 36.8 Å². The third-order valence-corrected chi connectivity index (χ3v) is 15.3. The molecule has 0 aliphatic carbocycles. The number of thiazole rings is 2. The van der Waals surface area contributed by atoms with E-state index in [1.807, 2.05) is 88.4 Å². The molecule has 3 aromatic heterocycles. The highest BCUT2D eigenvalue weighted by atomic mass is 32.2. The molecule has 4 aliphatic rings. The van der Waals surface area contributed by atoms with E-state index in [1.165, 1.54) is 21.9 Å². The first-order chi connectivity index (χ1) is 28.9. The van der Waals surface area contributed by atoms with Crippen molar-refractivity contribution in [3.63, 3.8) is 0 Å². The average Bonchev–Trinajstić information content (AvgIpc) is 4.07. The first-order valence-electron chi connectivity index (χ1n) is 20.4. The van der Waals surface area contributed by atoms with Gasteiger partial charge in [-0.05, 0) is 83.4 Å². The van der Waals surface area contributed by atoms with Gasteiger partial charge in [-0.15, -0.1) is 32.9 Å². The summed E-state index contributed by atoms with van der Waals surface area (Å²) in [4.78, 5) is 34.1. The molecular formula is C41H51BN8O8S3. The number of nitrogens with one attached hydrogen (secondary N) is 2. The van der Waals surface area contributed by atoms with E-state index in [0.717, 1.165) is 48.8 Å². The number of hydrogen-bond donors (Lipinski definition) is 2. The summed E-state index contributed by atoms with van der Waals surface area (Å²) < 4.78 is 51.9. The van der Waals surface area contributed by atoms with Crippen LogP contribution in [-0.2, 0) is 28.9 Å². The molecule has 16 nitrogen and oxygen atoms in total. The summed E-state index contributed by atoms with van der Waals surface area (Å²) in [6.45, 7) is 15.4. The van der Waals surface area contributed by atoms with Crippen molar-refractivity contribution in [1.82, 2.24) is 35.1 Å². The summed E-state index contributed by atoms with van der Waals surface area (Å²) in [5.41, 5.74) is 6.94. The van der Waals surface area contributed by atoms with Crippen LogP contribution in [0.4, 0.5) is 5.82 Å². The maximum atomic E-state index is 11.7. The molecule has 0 spiro atoms. The average molecular weight is 891 g/mol. The molecule has 4 fully saturated rings. The minimum Gasteiger partial charge on any atom is -0.489 e. The number of piperazine rings is 1. The van der Waals surface area contributed by atoms with Crippen molar-refractivity contribution in [3.8, 4) is 22.8 Å². The maximum Gasteiger partial charge on any atom is 0.495 e. The van der Waals surface area contributed by atoms with Gasteiger partial charge in [0.2, 0.25) is 21.8 Å². The highest BCUT2D eigenvalue weighted by Gasteiger charge is 2.52. The number of nitrogens with zero attached hydrogens (tertiary/aromatic N) is 6. The molecule has 2 N–H and O–H groups in total. The molecule has 0 unspecified atom stereocenters. The molecule has 2 aromatic carbocycles. The van der Waals surface area contributed by atoms with Crippen LogP contribution >= 0.6 is 22.7 Å². The zero-order chi connectivity index (χ0) is 43.3. The van der Waals surface area contributed by atoms with Crippen LogP contribution < -0.4 is 30.5 Å². The van der Waals surface area contributed by atoms with Crippen molar-refractivity contribution in [3.05, 3.63) is 47.4 Å². The number of amides is 2. The molecule has 0 bridgehead atoms. The van der Waals surface area contributed by atoms with E-state index in [2.05, 4.69) is 30.8 Å². The number of hydrogen-bond acceptors (Lipinski definition) is 15. The van der Waals surface area contributed by atoms with Crippen LogP contribution in [0.3, 0.4) is 0 Å². The summed E-state index contributed by atoms with van der Waals surface area (Å²) in [7, 11) is -3.64. The lowest BCUT2D eigenvalue weighted by atomic mass is 9.79. The topological polar surface area (TPSA) is 187 Å². The van der Waals surface area contributed by atoms with E-state index >= 15 is 0 Å². The number of benzene rings is 2. The van der Waals surface area contributed by atoms with Crippen LogP contribution in [0.15, 0.2) is 47.4 Å². The normalized spacial score (nSPS) is 22.5. The van der Waals surface area contributed by atoms with Crippen LogP contribution in [0.2, 0.25) is 0 Å². The Hall–Kier alpha value is -4.47. The monoisotopic (exact) mass is 890 g/mol. The molecule has 9 rings (SSSR count). The SMILES string of the molecule is C[C@@H](Oc1cc(-c2ccc(N3CCN(S(C)(=O)=O)CC3)nn2)cc2ncsc12)[C@H]1CNC(=O)C1.C[C@@H](Oc1cc(B2OC(C)(C)C(C)(C)O2)cc2ncsc12)[C@H]1CNC(=O)C1. The van der Waals surface area contributed by atoms with E-state index in [0.29, 0.717) is 57.8 Å². The molecule has 20 heteroatoms. The molecular weight excluding hydrogens is 840 g/mol. The first-order valence-corrected chi connectivity index (χ1v) is 24.1. The molecule has 0 radical (unpaired) electrons. The summed E-state index contributed by atoms with van der Waals surface area (Å²) in [6.07, 6.45) is 2.00. The second kappa shape index (κ2) is 17.0. The quantitative estimate of drug-likeness (QED) is 0.190. The maximum absolute atomic E-state index is 11.7. The van der Waals surface area contributed by atoms with Gasteiger partial charge in [0.1, 0.15) is 23.7 Å². The molecule has 2 amide bonds. The van der Waals surface area contributed by atoms with E-state index in [4.69, 9.17) is 18.8 Å². The predicted octanol–water partition coefficient (Wildman–Crippen LogP) is 4.24. The predicted molar refractivity (Wildman–Crippen MR) is 237 cm³/mol. The summed E-state index contributed by atoms with van der Waals surface area (Å²) in [5, 5.41) is 14.6. The Morgan fingerprint density at radius 2 is 1.33 bits per heavy atom. The third-order valence-electron chi connectivity index (χ3n) is 12.3. The number of sulfonamides is 1. The van der Waals surface area contributed by atoms with Gasteiger partial charge >= 0.3 is 7.12 Å². The van der Waals surface area contributed by atoms with Crippen LogP contribution in [0.1, 0.15) is 54.4 Å². The largest absolute Gasteiger partial charge is 0.495 e. The van der Waals surface area contributed by atoms with Gasteiger partial charge in [-0.3, -0.25) is 9.59 Å². The van der Waals surface area contributed by atoms with Crippen molar-refractivity contribution in [1.29, 1.82) is 0 Å². The Labute approximate surface area is 363 Å². The molecule has 4 saturated heterocycles. The molecule has 4 aliphatic heterocycles. The molecule has 7 heterocycles. The lowest BCUT2D eigenvalue weighted by Gasteiger charge is -2.33. The summed E-state index contributed by atoms with van der Waals surface area (Å²) >= 11 is 3.07. The zero-order valence-electron chi connectivity index (χ0n) is 35.3. The van der Waals surface area contributed by atoms with Gasteiger partial charge in [0.15, 0.2) is 5.82 Å². The molecule has 324 valence electrons. The molecule has 0 saturated carbocycles. The van der Waals surface area contributed by atoms with Gasteiger partial charge in [0.05, 0.1) is 54.6 Å². The zero-order valence-corrected chi connectivity index (χ0v) is 37.8. The fourth-order valence-corrected chi connectivity index (χ4v) is 10.0. The fourth-order valence-electron chi connectivity index (χ4n) is 7.74. The number of rotatable bonds is 10. The minimum atomic E-state index is -3.18. The Morgan fingerprint density at radius 1 is 0.787 bits per heavy atom. The number of aromatic nitrogens is 4. The first kappa shape index (κ1) is 43.2. The van der Waals surface area contributed by atoms with Crippen LogP contribution in [-0.4, -0.2) is 121 Å². The van der Waals surface area contributed by atoms with Crippen molar-refractivity contribution in [2.24, 2.45) is 11.8 Å². The van der Waals surface area contributed by atoms with Crippen LogP contribution in [0.25, 0.3) is 31.7 Å². The number of anilines is 1. The highest BCUT2D eigenvalue weighted by Crippen LogP contribution is 2.39. The van der Waals surface area contributed by atoms with Crippen LogP contribution in [0.5, 0.6) is 11.5 Å². The number of carbonyl (C=O) groups excluding carboxylic acids is 2. The van der Waals surface area contributed by atoms with Crippen molar-refractivity contribution >= 4 is 83.3 Å². The minimum absolute atomic E-state index is 0.0604. The van der Waals surface area contributed by atoms with E-state index in [9.17, 15) is 18.0 Å². The van der Waals surface area contributed by atoms with Crippen LogP contribution in [0, 0.1) is 11.8 Å².